The Morgan fingerprint density at radius 2 is 2.09 bits per heavy atom. The van der Waals surface area contributed by atoms with Crippen molar-refractivity contribution >= 4 is 17.7 Å². The molecule has 1 saturated carbocycles. The van der Waals surface area contributed by atoms with Crippen molar-refractivity contribution in [3.63, 3.8) is 0 Å². The first-order valence-corrected chi connectivity index (χ1v) is 9.41. The molecule has 0 aromatic carbocycles. The minimum atomic E-state index is -0.0952. The molecule has 5 heteroatoms. The number of aromatic nitrogens is 2. The molecule has 1 N–H and O–H groups in total. The fourth-order valence-corrected chi connectivity index (χ4v) is 3.93. The van der Waals surface area contributed by atoms with Crippen molar-refractivity contribution in [3.05, 3.63) is 11.4 Å². The Morgan fingerprint density at radius 1 is 1.41 bits per heavy atom. The lowest BCUT2D eigenvalue weighted by Crippen LogP contribution is -2.37. The number of carbonyl (C=O) groups is 1. The van der Waals surface area contributed by atoms with Gasteiger partial charge in [-0.25, -0.2) is 4.98 Å². The number of aryl methyl sites for hydroxylation is 1. The van der Waals surface area contributed by atoms with Gasteiger partial charge in [0.15, 0.2) is 5.16 Å². The molecule has 0 aliphatic heterocycles. The summed E-state index contributed by atoms with van der Waals surface area (Å²) < 4.78 is 2.27. The van der Waals surface area contributed by atoms with Crippen molar-refractivity contribution < 1.29 is 4.79 Å². The molecule has 1 aromatic heterocycles. The van der Waals surface area contributed by atoms with Gasteiger partial charge in [0.05, 0.1) is 10.9 Å². The van der Waals surface area contributed by atoms with Crippen LogP contribution in [0.2, 0.25) is 0 Å². The normalized spacial score (nSPS) is 16.9. The smallest absolute Gasteiger partial charge is 0.233 e. The van der Waals surface area contributed by atoms with Gasteiger partial charge in [0.2, 0.25) is 5.91 Å². The molecule has 0 spiro atoms. The zero-order valence-corrected chi connectivity index (χ0v) is 15.1. The lowest BCUT2D eigenvalue weighted by atomic mass is 10.2. The van der Waals surface area contributed by atoms with Crippen molar-refractivity contribution in [3.8, 4) is 0 Å². The van der Waals surface area contributed by atoms with Gasteiger partial charge in [0, 0.05) is 18.3 Å². The van der Waals surface area contributed by atoms with E-state index in [2.05, 4.69) is 28.7 Å². The Morgan fingerprint density at radius 3 is 2.73 bits per heavy atom. The maximum atomic E-state index is 12.4. The second-order valence-corrected chi connectivity index (χ2v) is 7.63. The summed E-state index contributed by atoms with van der Waals surface area (Å²) in [4.78, 5) is 17.0. The molecule has 0 bridgehead atoms. The lowest BCUT2D eigenvalue weighted by Gasteiger charge is -2.17. The van der Waals surface area contributed by atoms with Crippen LogP contribution < -0.4 is 5.32 Å². The molecule has 1 aromatic rings. The summed E-state index contributed by atoms with van der Waals surface area (Å²) >= 11 is 1.59. The second kappa shape index (κ2) is 8.04. The molecule has 1 fully saturated rings. The number of imidazole rings is 1. The lowest BCUT2D eigenvalue weighted by molar-refractivity contribution is -0.120. The Labute approximate surface area is 138 Å². The Hall–Kier alpha value is -0.970. The van der Waals surface area contributed by atoms with Crippen LogP contribution in [-0.4, -0.2) is 26.8 Å². The van der Waals surface area contributed by atoms with Crippen LogP contribution in [0.1, 0.15) is 63.8 Å². The van der Waals surface area contributed by atoms with Crippen molar-refractivity contribution in [2.45, 2.75) is 89.2 Å². The third-order valence-corrected chi connectivity index (χ3v) is 5.60. The molecule has 2 rings (SSSR count). The Bertz CT molecular complexity index is 506. The van der Waals surface area contributed by atoms with Gasteiger partial charge in [-0.1, -0.05) is 37.9 Å². The van der Waals surface area contributed by atoms with Crippen LogP contribution in [0.4, 0.5) is 0 Å². The van der Waals surface area contributed by atoms with Crippen molar-refractivity contribution in [1.82, 2.24) is 14.9 Å². The number of hydrogen-bond donors (Lipinski definition) is 1. The number of thioether (sulfide) groups is 1. The average Bonchev–Trinajstić information content (AvgIpc) is 3.07. The first kappa shape index (κ1) is 17.4. The predicted octanol–water partition coefficient (Wildman–Crippen LogP) is 3.84. The van der Waals surface area contributed by atoms with E-state index < -0.39 is 0 Å². The van der Waals surface area contributed by atoms with Gasteiger partial charge in [0.25, 0.3) is 0 Å². The number of unbranched alkanes of at least 4 members (excludes halogenated alkanes) is 1. The first-order valence-electron chi connectivity index (χ1n) is 8.53. The summed E-state index contributed by atoms with van der Waals surface area (Å²) in [5, 5.41) is 4.07. The molecule has 124 valence electrons. The SMILES string of the molecule is CCCCn1c(SC(C)C(=O)NC2CCCC2)nc(C)c1C. The number of hydrogen-bond acceptors (Lipinski definition) is 3. The van der Waals surface area contributed by atoms with Gasteiger partial charge in [-0.05, 0) is 40.0 Å². The van der Waals surface area contributed by atoms with E-state index in [1.54, 1.807) is 11.8 Å². The first-order chi connectivity index (χ1) is 10.5. The summed E-state index contributed by atoms with van der Waals surface area (Å²) in [6, 6.07) is 0.388. The molecule has 1 aliphatic carbocycles. The van der Waals surface area contributed by atoms with E-state index >= 15 is 0 Å². The Balaban J connectivity index is 1.99. The minimum Gasteiger partial charge on any atom is -0.352 e. The summed E-state index contributed by atoms with van der Waals surface area (Å²) in [5.74, 6) is 0.150. The van der Waals surface area contributed by atoms with Gasteiger partial charge in [-0.15, -0.1) is 0 Å². The summed E-state index contributed by atoms with van der Waals surface area (Å²) in [5.41, 5.74) is 2.29. The van der Waals surface area contributed by atoms with Gasteiger partial charge >= 0.3 is 0 Å². The summed E-state index contributed by atoms with van der Waals surface area (Å²) in [6.45, 7) is 9.33. The molecule has 1 heterocycles. The van der Waals surface area contributed by atoms with E-state index in [1.165, 1.54) is 25.0 Å². The van der Waals surface area contributed by atoms with E-state index in [0.29, 0.717) is 6.04 Å². The number of nitrogens with zero attached hydrogens (tertiary/aromatic N) is 2. The van der Waals surface area contributed by atoms with Crippen LogP contribution in [0.15, 0.2) is 5.16 Å². The average molecular weight is 324 g/mol. The molecule has 0 saturated heterocycles. The van der Waals surface area contributed by atoms with Gasteiger partial charge in [-0.2, -0.15) is 0 Å². The molecule has 1 unspecified atom stereocenters. The van der Waals surface area contributed by atoms with Crippen molar-refractivity contribution in [1.29, 1.82) is 0 Å². The van der Waals surface area contributed by atoms with E-state index in [-0.39, 0.29) is 11.2 Å². The summed E-state index contributed by atoms with van der Waals surface area (Å²) in [7, 11) is 0. The van der Waals surface area contributed by atoms with E-state index in [9.17, 15) is 4.79 Å². The van der Waals surface area contributed by atoms with Crippen LogP contribution in [-0.2, 0) is 11.3 Å². The van der Waals surface area contributed by atoms with Gasteiger partial charge < -0.3 is 9.88 Å². The van der Waals surface area contributed by atoms with Crippen LogP contribution in [0, 0.1) is 13.8 Å². The molecular weight excluding hydrogens is 294 g/mol. The molecule has 0 radical (unpaired) electrons. The summed E-state index contributed by atoms with van der Waals surface area (Å²) in [6.07, 6.45) is 7.06. The molecule has 1 amide bonds. The van der Waals surface area contributed by atoms with Crippen LogP contribution in [0.25, 0.3) is 0 Å². The monoisotopic (exact) mass is 323 g/mol. The third kappa shape index (κ3) is 4.28. The maximum absolute atomic E-state index is 12.4. The molecule has 1 aliphatic rings. The predicted molar refractivity (Wildman–Crippen MR) is 92.3 cm³/mol. The van der Waals surface area contributed by atoms with E-state index in [0.717, 1.165) is 36.7 Å². The topological polar surface area (TPSA) is 46.9 Å². The van der Waals surface area contributed by atoms with Crippen LogP contribution in [0.3, 0.4) is 0 Å². The largest absolute Gasteiger partial charge is 0.352 e. The highest BCUT2D eigenvalue weighted by Gasteiger charge is 2.23. The molecular formula is C17H29N3OS. The van der Waals surface area contributed by atoms with Crippen LogP contribution in [0.5, 0.6) is 0 Å². The number of nitrogens with one attached hydrogen (secondary N) is 1. The zero-order chi connectivity index (χ0) is 16.1. The van der Waals surface area contributed by atoms with Crippen molar-refractivity contribution in [2.24, 2.45) is 0 Å². The number of amides is 1. The van der Waals surface area contributed by atoms with E-state index in [1.807, 2.05) is 13.8 Å². The number of rotatable bonds is 7. The second-order valence-electron chi connectivity index (χ2n) is 6.32. The molecule has 4 nitrogen and oxygen atoms in total. The highest BCUT2D eigenvalue weighted by molar-refractivity contribution is 8.00. The third-order valence-electron chi connectivity index (χ3n) is 4.51. The fraction of sp³-hybridized carbons (Fsp3) is 0.765. The molecule has 1 atom stereocenters. The maximum Gasteiger partial charge on any atom is 0.233 e. The van der Waals surface area contributed by atoms with Gasteiger partial charge in [0.1, 0.15) is 0 Å². The number of carbonyl (C=O) groups excluding carboxylic acids is 1. The zero-order valence-electron chi connectivity index (χ0n) is 14.3. The quantitative estimate of drug-likeness (QED) is 0.776. The fourth-order valence-electron chi connectivity index (χ4n) is 2.89. The van der Waals surface area contributed by atoms with Gasteiger partial charge in [-0.3, -0.25) is 4.79 Å². The van der Waals surface area contributed by atoms with Crippen LogP contribution >= 0.6 is 11.8 Å². The standard InChI is InChI=1S/C17H29N3OS/c1-5-6-11-20-13(3)12(2)18-17(20)22-14(4)16(21)19-15-9-7-8-10-15/h14-15H,5-11H2,1-4H3,(H,19,21). The van der Waals surface area contributed by atoms with Crippen molar-refractivity contribution in [2.75, 3.05) is 0 Å². The highest BCUT2D eigenvalue weighted by atomic mass is 32.2. The van der Waals surface area contributed by atoms with E-state index in [4.69, 9.17) is 0 Å². The Kier molecular flexibility index (Phi) is 6.36. The highest BCUT2D eigenvalue weighted by Crippen LogP contribution is 2.26. The molecule has 22 heavy (non-hydrogen) atoms. The minimum absolute atomic E-state index is 0.0952.